The van der Waals surface area contributed by atoms with Gasteiger partial charge in [-0.1, -0.05) is 23.2 Å². The molecule has 0 aliphatic rings. The molecule has 0 N–H and O–H groups in total. The van der Waals surface area contributed by atoms with E-state index in [9.17, 15) is 4.79 Å². The minimum absolute atomic E-state index is 0.172. The summed E-state index contributed by atoms with van der Waals surface area (Å²) in [5.74, 6) is -0.540. The zero-order chi connectivity index (χ0) is 11.3. The Balaban J connectivity index is 2.68. The van der Waals surface area contributed by atoms with E-state index < -0.39 is 5.97 Å². The lowest BCUT2D eigenvalue weighted by Gasteiger charge is -2.05. The highest BCUT2D eigenvalue weighted by atomic mass is 35.5. The van der Waals surface area contributed by atoms with E-state index in [1.54, 1.807) is 0 Å². The van der Waals surface area contributed by atoms with Crippen LogP contribution < -0.4 is 0 Å². The first kappa shape index (κ1) is 12.2. The van der Waals surface area contributed by atoms with E-state index in [-0.39, 0.29) is 22.3 Å². The van der Waals surface area contributed by atoms with Gasteiger partial charge in [-0.05, 0) is 6.07 Å². The summed E-state index contributed by atoms with van der Waals surface area (Å²) in [5, 5.41) is 0.403. The second-order valence-corrected chi connectivity index (χ2v) is 3.41. The van der Waals surface area contributed by atoms with Crippen LogP contribution in [0.25, 0.3) is 0 Å². The summed E-state index contributed by atoms with van der Waals surface area (Å²) in [5.41, 5.74) is 0.202. The Kier molecular flexibility index (Phi) is 4.81. The summed E-state index contributed by atoms with van der Waals surface area (Å²) < 4.78 is 9.60. The Hall–Kier alpha value is -0.840. The Labute approximate surface area is 97.1 Å². The lowest BCUT2D eigenvalue weighted by molar-refractivity contribution is 0.0388. The van der Waals surface area contributed by atoms with Gasteiger partial charge >= 0.3 is 5.97 Å². The van der Waals surface area contributed by atoms with Crippen LogP contribution in [0.15, 0.2) is 12.3 Å². The van der Waals surface area contributed by atoms with Crippen molar-refractivity contribution in [3.8, 4) is 0 Å². The predicted octanol–water partition coefficient (Wildman–Crippen LogP) is 2.19. The van der Waals surface area contributed by atoms with Crippen LogP contribution in [0.1, 0.15) is 10.4 Å². The highest BCUT2D eigenvalue weighted by Crippen LogP contribution is 2.18. The zero-order valence-electron chi connectivity index (χ0n) is 8.00. The number of ether oxygens (including phenoxy) is 2. The number of esters is 1. The molecule has 0 unspecified atom stereocenters. The first-order valence-corrected chi connectivity index (χ1v) is 4.88. The standard InChI is InChI=1S/C9H9Cl2NO3/c1-14-2-3-15-9(13)6-4-8(11)12-5-7(6)10/h4-5H,2-3H2,1H3. The van der Waals surface area contributed by atoms with Gasteiger partial charge in [0.15, 0.2) is 0 Å². The first-order chi connectivity index (χ1) is 7.15. The minimum atomic E-state index is -0.540. The fourth-order valence-electron chi connectivity index (χ4n) is 0.865. The van der Waals surface area contributed by atoms with Crippen molar-refractivity contribution in [2.45, 2.75) is 0 Å². The normalized spacial score (nSPS) is 10.1. The van der Waals surface area contributed by atoms with Crippen LogP contribution in [0, 0.1) is 0 Å². The molecule has 0 aromatic carbocycles. The van der Waals surface area contributed by atoms with E-state index in [1.165, 1.54) is 19.4 Å². The minimum Gasteiger partial charge on any atom is -0.460 e. The van der Waals surface area contributed by atoms with Crippen LogP contribution in [0.2, 0.25) is 10.2 Å². The fraction of sp³-hybridized carbons (Fsp3) is 0.333. The van der Waals surface area contributed by atoms with Crippen molar-refractivity contribution in [1.29, 1.82) is 0 Å². The van der Waals surface area contributed by atoms with Gasteiger partial charge in [0.25, 0.3) is 0 Å². The number of pyridine rings is 1. The number of hydrogen-bond donors (Lipinski definition) is 0. The summed E-state index contributed by atoms with van der Waals surface area (Å²) in [7, 11) is 1.52. The molecule has 1 aromatic heterocycles. The third-order valence-electron chi connectivity index (χ3n) is 1.56. The van der Waals surface area contributed by atoms with Crippen molar-refractivity contribution in [2.75, 3.05) is 20.3 Å². The van der Waals surface area contributed by atoms with Gasteiger partial charge in [0.1, 0.15) is 11.8 Å². The number of methoxy groups -OCH3 is 1. The van der Waals surface area contributed by atoms with E-state index in [0.717, 1.165) is 0 Å². The Morgan fingerprint density at radius 1 is 1.47 bits per heavy atom. The number of carbonyl (C=O) groups is 1. The molecule has 0 amide bonds. The van der Waals surface area contributed by atoms with Gasteiger partial charge in [-0.2, -0.15) is 0 Å². The van der Waals surface area contributed by atoms with E-state index >= 15 is 0 Å². The largest absolute Gasteiger partial charge is 0.460 e. The zero-order valence-corrected chi connectivity index (χ0v) is 9.51. The molecule has 1 heterocycles. The van der Waals surface area contributed by atoms with Crippen LogP contribution in [0.5, 0.6) is 0 Å². The van der Waals surface area contributed by atoms with Crippen LogP contribution in [0.4, 0.5) is 0 Å². The molecule has 1 rings (SSSR count). The molecule has 0 radical (unpaired) electrons. The molecule has 1 aromatic rings. The van der Waals surface area contributed by atoms with E-state index in [4.69, 9.17) is 32.7 Å². The predicted molar refractivity (Wildman–Crippen MR) is 56.4 cm³/mol. The van der Waals surface area contributed by atoms with Crippen molar-refractivity contribution in [3.63, 3.8) is 0 Å². The summed E-state index contributed by atoms with van der Waals surface area (Å²) in [6.07, 6.45) is 1.30. The Bertz CT molecular complexity index is 357. The number of nitrogens with zero attached hydrogens (tertiary/aromatic N) is 1. The smallest absolute Gasteiger partial charge is 0.339 e. The average molecular weight is 250 g/mol. The molecular weight excluding hydrogens is 241 g/mol. The summed E-state index contributed by atoms with van der Waals surface area (Å²) in [6.45, 7) is 0.508. The molecule has 0 aliphatic heterocycles. The van der Waals surface area contributed by atoms with Gasteiger partial charge in [-0.15, -0.1) is 0 Å². The average Bonchev–Trinajstić information content (AvgIpc) is 2.22. The van der Waals surface area contributed by atoms with Crippen molar-refractivity contribution in [3.05, 3.63) is 28.0 Å². The topological polar surface area (TPSA) is 48.4 Å². The van der Waals surface area contributed by atoms with Gasteiger partial charge in [0.05, 0.1) is 17.2 Å². The monoisotopic (exact) mass is 249 g/mol. The lowest BCUT2D eigenvalue weighted by atomic mass is 10.3. The molecule has 15 heavy (non-hydrogen) atoms. The highest BCUT2D eigenvalue weighted by Gasteiger charge is 2.12. The summed E-state index contributed by atoms with van der Waals surface area (Å²) in [4.78, 5) is 15.2. The maximum Gasteiger partial charge on any atom is 0.339 e. The molecule has 6 heteroatoms. The first-order valence-electron chi connectivity index (χ1n) is 4.12. The van der Waals surface area contributed by atoms with Crippen LogP contribution in [-0.4, -0.2) is 31.3 Å². The van der Waals surface area contributed by atoms with Crippen LogP contribution in [0.3, 0.4) is 0 Å². The van der Waals surface area contributed by atoms with Crippen molar-refractivity contribution < 1.29 is 14.3 Å². The third kappa shape index (κ3) is 3.66. The number of aromatic nitrogens is 1. The molecule has 0 saturated carbocycles. The van der Waals surface area contributed by atoms with E-state index in [1.807, 2.05) is 0 Å². The SMILES string of the molecule is COCCOC(=O)c1cc(Cl)ncc1Cl. The van der Waals surface area contributed by atoms with Crippen molar-refractivity contribution in [2.24, 2.45) is 0 Å². The molecule has 0 atom stereocenters. The van der Waals surface area contributed by atoms with E-state index in [0.29, 0.717) is 6.61 Å². The van der Waals surface area contributed by atoms with Gasteiger partial charge in [0.2, 0.25) is 0 Å². The molecular formula is C9H9Cl2NO3. The maximum atomic E-state index is 11.4. The molecule has 0 fully saturated rings. The number of halogens is 2. The van der Waals surface area contributed by atoms with Gasteiger partial charge < -0.3 is 9.47 Å². The lowest BCUT2D eigenvalue weighted by Crippen LogP contribution is -2.10. The third-order valence-corrected chi connectivity index (χ3v) is 2.07. The quantitative estimate of drug-likeness (QED) is 0.467. The highest BCUT2D eigenvalue weighted by molar-refractivity contribution is 6.34. The molecule has 0 spiro atoms. The van der Waals surface area contributed by atoms with Gasteiger partial charge in [-0.3, -0.25) is 0 Å². The van der Waals surface area contributed by atoms with E-state index in [2.05, 4.69) is 4.98 Å². The molecule has 4 nitrogen and oxygen atoms in total. The second-order valence-electron chi connectivity index (χ2n) is 2.62. The molecule has 82 valence electrons. The summed E-state index contributed by atoms with van der Waals surface area (Å²) in [6, 6.07) is 1.36. The Morgan fingerprint density at radius 2 is 2.20 bits per heavy atom. The second kappa shape index (κ2) is 5.90. The summed E-state index contributed by atoms with van der Waals surface area (Å²) >= 11 is 11.4. The van der Waals surface area contributed by atoms with Crippen molar-refractivity contribution in [1.82, 2.24) is 4.98 Å². The Morgan fingerprint density at radius 3 is 2.87 bits per heavy atom. The van der Waals surface area contributed by atoms with Crippen LogP contribution in [-0.2, 0) is 9.47 Å². The van der Waals surface area contributed by atoms with Crippen molar-refractivity contribution >= 4 is 29.2 Å². The van der Waals surface area contributed by atoms with Gasteiger partial charge in [0, 0.05) is 13.3 Å². The number of hydrogen-bond acceptors (Lipinski definition) is 4. The molecule has 0 bridgehead atoms. The molecule has 0 aliphatic carbocycles. The maximum absolute atomic E-state index is 11.4. The fourth-order valence-corrected chi connectivity index (χ4v) is 1.20. The molecule has 0 saturated heterocycles. The van der Waals surface area contributed by atoms with Crippen LogP contribution >= 0.6 is 23.2 Å². The number of rotatable bonds is 4. The number of carbonyl (C=O) groups excluding carboxylic acids is 1. The van der Waals surface area contributed by atoms with Gasteiger partial charge in [-0.25, -0.2) is 9.78 Å².